The molecular formula is C13H28N2O. The normalized spacial score (nSPS) is 11.9. The lowest BCUT2D eigenvalue weighted by molar-refractivity contribution is -0.132. The fourth-order valence-electron chi connectivity index (χ4n) is 1.77. The molecule has 0 atom stereocenters. The fourth-order valence-corrected chi connectivity index (χ4v) is 1.77. The molecule has 0 saturated carbocycles. The van der Waals surface area contributed by atoms with E-state index in [0.29, 0.717) is 18.9 Å². The van der Waals surface area contributed by atoms with Crippen molar-refractivity contribution in [3.8, 4) is 0 Å². The molecule has 0 aromatic rings. The first-order valence-corrected chi connectivity index (χ1v) is 6.30. The van der Waals surface area contributed by atoms with Gasteiger partial charge in [-0.05, 0) is 17.9 Å². The smallest absolute Gasteiger partial charge is 0.222 e. The molecule has 3 heteroatoms. The summed E-state index contributed by atoms with van der Waals surface area (Å²) in [5.41, 5.74) is 5.68. The Morgan fingerprint density at radius 1 is 1.31 bits per heavy atom. The van der Waals surface area contributed by atoms with Gasteiger partial charge in [-0.2, -0.15) is 0 Å². The highest BCUT2D eigenvalue weighted by Gasteiger charge is 2.22. The second kappa shape index (κ2) is 6.89. The van der Waals surface area contributed by atoms with Gasteiger partial charge in [0.15, 0.2) is 0 Å². The zero-order chi connectivity index (χ0) is 12.8. The monoisotopic (exact) mass is 228 g/mol. The molecule has 0 rings (SSSR count). The molecule has 0 unspecified atom stereocenters. The van der Waals surface area contributed by atoms with Gasteiger partial charge in [-0.3, -0.25) is 4.79 Å². The Hall–Kier alpha value is -0.570. The minimum Gasteiger partial charge on any atom is -0.345 e. The highest BCUT2D eigenvalue weighted by atomic mass is 16.2. The summed E-state index contributed by atoms with van der Waals surface area (Å²) in [5, 5.41) is 0. The van der Waals surface area contributed by atoms with Gasteiger partial charge in [0.25, 0.3) is 0 Å². The van der Waals surface area contributed by atoms with Crippen LogP contribution in [-0.2, 0) is 4.79 Å². The molecule has 16 heavy (non-hydrogen) atoms. The number of nitrogens with two attached hydrogens (primary N) is 1. The largest absolute Gasteiger partial charge is 0.345 e. The summed E-state index contributed by atoms with van der Waals surface area (Å²) in [7, 11) is 1.88. The molecule has 3 nitrogen and oxygen atoms in total. The lowest BCUT2D eigenvalue weighted by Crippen LogP contribution is -2.40. The molecule has 0 aromatic heterocycles. The summed E-state index contributed by atoms with van der Waals surface area (Å²) in [6, 6.07) is 0. The van der Waals surface area contributed by atoms with Gasteiger partial charge in [0, 0.05) is 20.0 Å². The topological polar surface area (TPSA) is 46.3 Å². The average molecular weight is 228 g/mol. The van der Waals surface area contributed by atoms with Crippen LogP contribution in [0.1, 0.15) is 47.0 Å². The van der Waals surface area contributed by atoms with Crippen LogP contribution in [0.3, 0.4) is 0 Å². The molecule has 0 bridgehead atoms. The predicted octanol–water partition coefficient (Wildman–Crippen LogP) is 2.26. The number of amides is 1. The number of hydrogen-bond donors (Lipinski definition) is 1. The summed E-state index contributed by atoms with van der Waals surface area (Å²) in [5.74, 6) is 0.770. The molecule has 0 aromatic carbocycles. The number of hydrogen-bond acceptors (Lipinski definition) is 2. The van der Waals surface area contributed by atoms with Crippen molar-refractivity contribution in [1.29, 1.82) is 0 Å². The molecule has 0 aliphatic heterocycles. The first kappa shape index (κ1) is 15.4. The molecule has 2 N–H and O–H groups in total. The van der Waals surface area contributed by atoms with Gasteiger partial charge < -0.3 is 10.6 Å². The van der Waals surface area contributed by atoms with E-state index in [4.69, 9.17) is 5.73 Å². The Balaban J connectivity index is 4.18. The highest BCUT2D eigenvalue weighted by Crippen LogP contribution is 2.17. The molecule has 0 spiro atoms. The maximum absolute atomic E-state index is 11.9. The van der Waals surface area contributed by atoms with Crippen molar-refractivity contribution in [2.75, 3.05) is 20.1 Å². The van der Waals surface area contributed by atoms with E-state index in [1.165, 1.54) is 0 Å². The van der Waals surface area contributed by atoms with Crippen LogP contribution in [0.2, 0.25) is 0 Å². The van der Waals surface area contributed by atoms with E-state index < -0.39 is 0 Å². The number of carbonyl (C=O) groups is 1. The van der Waals surface area contributed by atoms with Crippen LogP contribution in [0.25, 0.3) is 0 Å². The molecule has 96 valence electrons. The van der Waals surface area contributed by atoms with E-state index in [9.17, 15) is 4.79 Å². The lowest BCUT2D eigenvalue weighted by atomic mass is 9.92. The standard InChI is InChI=1S/C13H28N2O/c1-6-11(7-2)8-12(16)15(5)10-13(3,4)9-14/h11H,6-10,14H2,1-5H3. The number of carbonyl (C=O) groups excluding carboxylic acids is 1. The van der Waals surface area contributed by atoms with Crippen LogP contribution in [0, 0.1) is 11.3 Å². The van der Waals surface area contributed by atoms with Crippen LogP contribution in [-0.4, -0.2) is 30.9 Å². The van der Waals surface area contributed by atoms with Crippen molar-refractivity contribution >= 4 is 5.91 Å². The van der Waals surface area contributed by atoms with Crippen molar-refractivity contribution in [2.24, 2.45) is 17.1 Å². The summed E-state index contributed by atoms with van der Waals surface area (Å²) in [6.07, 6.45) is 2.83. The van der Waals surface area contributed by atoms with E-state index in [1.54, 1.807) is 0 Å². The third-order valence-corrected chi connectivity index (χ3v) is 3.26. The van der Waals surface area contributed by atoms with Crippen LogP contribution < -0.4 is 5.73 Å². The summed E-state index contributed by atoms with van der Waals surface area (Å²) in [4.78, 5) is 13.8. The molecule has 0 saturated heterocycles. The van der Waals surface area contributed by atoms with Gasteiger partial charge in [0.2, 0.25) is 5.91 Å². The van der Waals surface area contributed by atoms with Gasteiger partial charge in [0.05, 0.1) is 0 Å². The summed E-state index contributed by atoms with van der Waals surface area (Å²) < 4.78 is 0. The van der Waals surface area contributed by atoms with Crippen molar-refractivity contribution in [2.45, 2.75) is 47.0 Å². The lowest BCUT2D eigenvalue weighted by Gasteiger charge is -2.29. The minimum atomic E-state index is 0.0122. The molecule has 0 radical (unpaired) electrons. The maximum atomic E-state index is 11.9. The third kappa shape index (κ3) is 5.50. The Labute approximate surface area is 100 Å². The van der Waals surface area contributed by atoms with Crippen molar-refractivity contribution in [3.63, 3.8) is 0 Å². The Morgan fingerprint density at radius 2 is 1.81 bits per heavy atom. The van der Waals surface area contributed by atoms with Gasteiger partial charge in [0.1, 0.15) is 0 Å². The maximum Gasteiger partial charge on any atom is 0.222 e. The number of nitrogens with zero attached hydrogens (tertiary/aromatic N) is 1. The molecule has 0 heterocycles. The summed E-state index contributed by atoms with van der Waals surface area (Å²) in [6.45, 7) is 9.82. The SMILES string of the molecule is CCC(CC)CC(=O)N(C)CC(C)(C)CN. The molecule has 1 amide bonds. The molecule has 0 aliphatic carbocycles. The minimum absolute atomic E-state index is 0.0122. The predicted molar refractivity (Wildman–Crippen MR) is 69.2 cm³/mol. The van der Waals surface area contributed by atoms with Gasteiger partial charge >= 0.3 is 0 Å². The van der Waals surface area contributed by atoms with Crippen molar-refractivity contribution in [1.82, 2.24) is 4.90 Å². The van der Waals surface area contributed by atoms with Gasteiger partial charge in [-0.15, -0.1) is 0 Å². The molecule has 0 fully saturated rings. The van der Waals surface area contributed by atoms with E-state index in [0.717, 1.165) is 19.4 Å². The van der Waals surface area contributed by atoms with E-state index in [1.807, 2.05) is 11.9 Å². The van der Waals surface area contributed by atoms with Crippen molar-refractivity contribution in [3.05, 3.63) is 0 Å². The van der Waals surface area contributed by atoms with Crippen LogP contribution >= 0.6 is 0 Å². The van der Waals surface area contributed by atoms with Gasteiger partial charge in [-0.1, -0.05) is 40.5 Å². The zero-order valence-corrected chi connectivity index (χ0v) is 11.5. The average Bonchev–Trinajstić information content (AvgIpc) is 2.24. The Bertz CT molecular complexity index is 210. The highest BCUT2D eigenvalue weighted by molar-refractivity contribution is 5.76. The third-order valence-electron chi connectivity index (χ3n) is 3.26. The van der Waals surface area contributed by atoms with Crippen LogP contribution in [0.15, 0.2) is 0 Å². The Kier molecular flexibility index (Phi) is 6.65. The zero-order valence-electron chi connectivity index (χ0n) is 11.5. The quantitative estimate of drug-likeness (QED) is 0.726. The van der Waals surface area contributed by atoms with E-state index in [-0.39, 0.29) is 11.3 Å². The molecule has 0 aliphatic rings. The summed E-state index contributed by atoms with van der Waals surface area (Å²) >= 11 is 0. The second-order valence-electron chi connectivity index (χ2n) is 5.50. The first-order chi connectivity index (χ1) is 7.36. The first-order valence-electron chi connectivity index (χ1n) is 6.30. The number of rotatable bonds is 7. The van der Waals surface area contributed by atoms with Crippen LogP contribution in [0.5, 0.6) is 0 Å². The van der Waals surface area contributed by atoms with E-state index in [2.05, 4.69) is 27.7 Å². The Morgan fingerprint density at radius 3 is 2.19 bits per heavy atom. The molecular weight excluding hydrogens is 200 g/mol. The van der Waals surface area contributed by atoms with Crippen LogP contribution in [0.4, 0.5) is 0 Å². The fraction of sp³-hybridized carbons (Fsp3) is 0.923. The van der Waals surface area contributed by atoms with Crippen molar-refractivity contribution < 1.29 is 4.79 Å². The second-order valence-corrected chi connectivity index (χ2v) is 5.50. The van der Waals surface area contributed by atoms with Gasteiger partial charge in [-0.25, -0.2) is 0 Å². The van der Waals surface area contributed by atoms with E-state index >= 15 is 0 Å².